The molecule has 0 amide bonds. The van der Waals surface area contributed by atoms with E-state index < -0.39 is 0 Å². The molecule has 0 atom stereocenters. The van der Waals surface area contributed by atoms with Gasteiger partial charge in [0, 0.05) is 15.2 Å². The predicted octanol–water partition coefficient (Wildman–Crippen LogP) is 4.63. The molecule has 1 rings (SSSR count). The minimum Gasteiger partial charge on any atom is -0.145 e. The second-order valence-electron chi connectivity index (χ2n) is 5.49. The van der Waals surface area contributed by atoms with Crippen LogP contribution in [-0.2, 0) is 11.8 Å². The predicted molar refractivity (Wildman–Crippen MR) is 66.2 cm³/mol. The van der Waals surface area contributed by atoms with Crippen LogP contribution in [0.3, 0.4) is 0 Å². The first-order valence-electron chi connectivity index (χ1n) is 5.38. The third-order valence-corrected chi connectivity index (χ3v) is 5.05. The van der Waals surface area contributed by atoms with Crippen LogP contribution in [0.5, 0.6) is 0 Å². The molecule has 0 unspecified atom stereocenters. The lowest BCUT2D eigenvalue weighted by molar-refractivity contribution is 0.230. The van der Waals surface area contributed by atoms with Gasteiger partial charge in [0.25, 0.3) is 0 Å². The van der Waals surface area contributed by atoms with Crippen LogP contribution in [0, 0.1) is 5.41 Å². The third kappa shape index (κ3) is 2.03. The van der Waals surface area contributed by atoms with Gasteiger partial charge >= 0.3 is 0 Å². The first-order valence-corrected chi connectivity index (χ1v) is 6.20. The molecule has 0 bridgehead atoms. The Morgan fingerprint density at radius 1 is 1.07 bits per heavy atom. The molecule has 1 heteroatoms. The fourth-order valence-electron chi connectivity index (χ4n) is 1.27. The molecular weight excluding hydrogens is 188 g/mol. The summed E-state index contributed by atoms with van der Waals surface area (Å²) >= 11 is 1.97. The minimum absolute atomic E-state index is 0.269. The highest BCUT2D eigenvalue weighted by Gasteiger charge is 2.35. The van der Waals surface area contributed by atoms with Crippen LogP contribution in [0.15, 0.2) is 12.1 Å². The molecule has 0 spiro atoms. The zero-order valence-electron chi connectivity index (χ0n) is 10.3. The summed E-state index contributed by atoms with van der Waals surface area (Å²) in [7, 11) is 0. The molecular formula is C13H22S. The number of rotatable bonds is 2. The summed E-state index contributed by atoms with van der Waals surface area (Å²) < 4.78 is 0. The molecule has 0 aromatic carbocycles. The summed E-state index contributed by atoms with van der Waals surface area (Å²) in [5, 5.41) is 0. The fourth-order valence-corrected chi connectivity index (χ4v) is 2.53. The van der Waals surface area contributed by atoms with Crippen molar-refractivity contribution in [2.45, 2.75) is 53.4 Å². The minimum atomic E-state index is 0.269. The van der Waals surface area contributed by atoms with Gasteiger partial charge in [-0.3, -0.25) is 0 Å². The molecule has 0 saturated heterocycles. The van der Waals surface area contributed by atoms with Crippen molar-refractivity contribution in [3.8, 4) is 0 Å². The Morgan fingerprint density at radius 2 is 1.64 bits per heavy atom. The maximum Gasteiger partial charge on any atom is 0.0110 e. The molecule has 0 aliphatic carbocycles. The Morgan fingerprint density at radius 3 is 2.00 bits per heavy atom. The first kappa shape index (κ1) is 11.8. The summed E-state index contributed by atoms with van der Waals surface area (Å²) in [5.74, 6) is 0. The van der Waals surface area contributed by atoms with Gasteiger partial charge in [-0.1, -0.05) is 41.5 Å². The largest absolute Gasteiger partial charge is 0.145 e. The molecule has 1 aromatic heterocycles. The van der Waals surface area contributed by atoms with Crippen molar-refractivity contribution < 1.29 is 0 Å². The molecule has 1 heterocycles. The zero-order chi connectivity index (χ0) is 11.0. The molecule has 14 heavy (non-hydrogen) atoms. The molecule has 0 fully saturated rings. The molecule has 0 radical (unpaired) electrons. The van der Waals surface area contributed by atoms with Crippen LogP contribution < -0.4 is 0 Å². The molecule has 80 valence electrons. The highest BCUT2D eigenvalue weighted by atomic mass is 32.1. The van der Waals surface area contributed by atoms with Crippen molar-refractivity contribution in [2.24, 2.45) is 5.41 Å². The smallest absolute Gasteiger partial charge is 0.0110 e. The lowest BCUT2D eigenvalue weighted by atomic mass is 9.68. The monoisotopic (exact) mass is 210 g/mol. The summed E-state index contributed by atoms with van der Waals surface area (Å²) in [6, 6.07) is 4.57. The molecule has 0 N–H and O–H groups in total. The third-order valence-electron chi connectivity index (χ3n) is 3.50. The SMILES string of the molecule is CCc1ccc(C(C)(C)C(C)(C)C)s1. The van der Waals surface area contributed by atoms with Crippen LogP contribution in [0.1, 0.15) is 51.3 Å². The molecule has 1 aromatic rings. The Kier molecular flexibility index (Phi) is 3.10. The van der Waals surface area contributed by atoms with E-state index in [1.807, 2.05) is 11.3 Å². The Bertz CT molecular complexity index is 299. The van der Waals surface area contributed by atoms with Crippen molar-refractivity contribution in [1.82, 2.24) is 0 Å². The van der Waals surface area contributed by atoms with E-state index >= 15 is 0 Å². The number of hydrogen-bond acceptors (Lipinski definition) is 1. The van der Waals surface area contributed by atoms with Gasteiger partial charge in [0.1, 0.15) is 0 Å². The van der Waals surface area contributed by atoms with Crippen molar-refractivity contribution in [2.75, 3.05) is 0 Å². The second kappa shape index (κ2) is 3.69. The Labute approximate surface area is 92.4 Å². The Balaban J connectivity index is 3.04. The number of thiophene rings is 1. The standard InChI is InChI=1S/C13H22S/c1-7-10-8-9-11(14-10)13(5,6)12(2,3)4/h8-9H,7H2,1-6H3. The maximum atomic E-state index is 2.35. The lowest BCUT2D eigenvalue weighted by Crippen LogP contribution is -2.32. The van der Waals surface area contributed by atoms with Crippen LogP contribution in [-0.4, -0.2) is 0 Å². The quantitative estimate of drug-likeness (QED) is 0.667. The highest BCUT2D eigenvalue weighted by Crippen LogP contribution is 2.43. The number of aryl methyl sites for hydroxylation is 1. The average molecular weight is 210 g/mol. The van der Waals surface area contributed by atoms with Crippen molar-refractivity contribution in [3.63, 3.8) is 0 Å². The van der Waals surface area contributed by atoms with E-state index in [0.717, 1.165) is 6.42 Å². The molecule has 0 aliphatic heterocycles. The molecule has 0 aliphatic rings. The van der Waals surface area contributed by atoms with Crippen molar-refractivity contribution >= 4 is 11.3 Å². The van der Waals surface area contributed by atoms with E-state index in [1.54, 1.807) is 0 Å². The summed E-state index contributed by atoms with van der Waals surface area (Å²) in [6.07, 6.45) is 1.16. The van der Waals surface area contributed by atoms with Crippen LogP contribution >= 0.6 is 11.3 Å². The lowest BCUT2D eigenvalue weighted by Gasteiger charge is -2.38. The normalized spacial score (nSPS) is 13.3. The fraction of sp³-hybridized carbons (Fsp3) is 0.692. The van der Waals surface area contributed by atoms with Gasteiger partial charge in [-0.2, -0.15) is 0 Å². The van der Waals surface area contributed by atoms with E-state index in [-0.39, 0.29) is 5.41 Å². The number of hydrogen-bond donors (Lipinski definition) is 0. The van der Waals surface area contributed by atoms with Gasteiger partial charge in [0.15, 0.2) is 0 Å². The molecule has 0 saturated carbocycles. The average Bonchev–Trinajstić information content (AvgIpc) is 2.49. The van der Waals surface area contributed by atoms with Crippen LogP contribution in [0.2, 0.25) is 0 Å². The van der Waals surface area contributed by atoms with Gasteiger partial charge in [0.2, 0.25) is 0 Å². The van der Waals surface area contributed by atoms with Crippen LogP contribution in [0.25, 0.3) is 0 Å². The van der Waals surface area contributed by atoms with E-state index in [9.17, 15) is 0 Å². The van der Waals surface area contributed by atoms with Gasteiger partial charge in [-0.25, -0.2) is 0 Å². The van der Waals surface area contributed by atoms with Gasteiger partial charge in [0.05, 0.1) is 0 Å². The molecule has 0 nitrogen and oxygen atoms in total. The highest BCUT2D eigenvalue weighted by molar-refractivity contribution is 7.12. The van der Waals surface area contributed by atoms with Gasteiger partial charge < -0.3 is 0 Å². The summed E-state index contributed by atoms with van der Waals surface area (Å²) in [6.45, 7) is 13.9. The van der Waals surface area contributed by atoms with E-state index in [2.05, 4.69) is 53.7 Å². The zero-order valence-corrected chi connectivity index (χ0v) is 11.1. The van der Waals surface area contributed by atoms with Gasteiger partial charge in [-0.05, 0) is 24.0 Å². The van der Waals surface area contributed by atoms with Crippen molar-refractivity contribution in [3.05, 3.63) is 21.9 Å². The van der Waals surface area contributed by atoms with Gasteiger partial charge in [-0.15, -0.1) is 11.3 Å². The second-order valence-corrected chi connectivity index (χ2v) is 6.66. The van der Waals surface area contributed by atoms with Crippen molar-refractivity contribution in [1.29, 1.82) is 0 Å². The summed E-state index contributed by atoms with van der Waals surface area (Å²) in [4.78, 5) is 3.01. The van der Waals surface area contributed by atoms with Crippen LogP contribution in [0.4, 0.5) is 0 Å². The summed E-state index contributed by atoms with van der Waals surface area (Å²) in [5.41, 5.74) is 0.591. The van der Waals surface area contributed by atoms with E-state index in [1.165, 1.54) is 9.75 Å². The first-order chi connectivity index (χ1) is 6.29. The Hall–Kier alpha value is -0.300. The maximum absolute atomic E-state index is 2.35. The van der Waals surface area contributed by atoms with E-state index in [0.29, 0.717) is 5.41 Å². The topological polar surface area (TPSA) is 0 Å². The van der Waals surface area contributed by atoms with E-state index in [4.69, 9.17) is 0 Å².